The maximum atomic E-state index is 6.05. The summed E-state index contributed by atoms with van der Waals surface area (Å²) in [7, 11) is 0. The number of aromatic nitrogens is 1. The van der Waals surface area contributed by atoms with Gasteiger partial charge in [-0.3, -0.25) is 0 Å². The quantitative estimate of drug-likeness (QED) is 0.820. The summed E-state index contributed by atoms with van der Waals surface area (Å²) >= 11 is 13.6. The van der Waals surface area contributed by atoms with Crippen molar-refractivity contribution in [1.29, 1.82) is 0 Å². The third-order valence-corrected chi connectivity index (χ3v) is 5.21. The first kappa shape index (κ1) is 15.2. The van der Waals surface area contributed by atoms with Crippen molar-refractivity contribution in [1.82, 2.24) is 10.3 Å². The smallest absolute Gasteiger partial charge is 0.104 e. The Morgan fingerprint density at radius 3 is 2.71 bits per heavy atom. The molecule has 0 radical (unpaired) electrons. The monoisotopic (exact) mass is 338 g/mol. The molecule has 1 N–H and O–H groups in total. The van der Waals surface area contributed by atoms with E-state index in [0.717, 1.165) is 22.5 Å². The zero-order chi connectivity index (χ0) is 14.8. The van der Waals surface area contributed by atoms with Crippen LogP contribution >= 0.6 is 35.0 Å². The third-order valence-electron chi connectivity index (χ3n) is 3.36. The van der Waals surface area contributed by atoms with E-state index in [2.05, 4.69) is 23.3 Å². The third kappa shape index (κ3) is 4.13. The molecule has 1 aromatic carbocycles. The van der Waals surface area contributed by atoms with Gasteiger partial charge in [-0.05, 0) is 49.1 Å². The topological polar surface area (TPSA) is 24.9 Å². The highest BCUT2D eigenvalue weighted by atomic mass is 35.5. The molecule has 110 valence electrons. The van der Waals surface area contributed by atoms with E-state index in [4.69, 9.17) is 23.2 Å². The van der Waals surface area contributed by atoms with Gasteiger partial charge >= 0.3 is 0 Å². The van der Waals surface area contributed by atoms with E-state index in [9.17, 15) is 0 Å². The van der Waals surface area contributed by atoms with Gasteiger partial charge in [-0.2, -0.15) is 0 Å². The molecule has 0 amide bonds. The molecule has 0 aliphatic heterocycles. The van der Waals surface area contributed by atoms with Gasteiger partial charge in [0.1, 0.15) is 5.03 Å². The number of hydrogen-bond donors (Lipinski definition) is 1. The molecule has 1 heterocycles. The lowest BCUT2D eigenvalue weighted by Gasteiger charge is -2.08. The Morgan fingerprint density at radius 1 is 1.24 bits per heavy atom. The van der Waals surface area contributed by atoms with E-state index in [-0.39, 0.29) is 0 Å². The molecular formula is C16H16Cl2N2S. The number of halogens is 2. The molecule has 1 saturated carbocycles. The van der Waals surface area contributed by atoms with Gasteiger partial charge in [-0.25, -0.2) is 4.98 Å². The minimum absolute atomic E-state index is 0.574. The van der Waals surface area contributed by atoms with Gasteiger partial charge < -0.3 is 5.32 Å². The molecule has 0 saturated heterocycles. The summed E-state index contributed by atoms with van der Waals surface area (Å²) in [6, 6.07) is 8.56. The lowest BCUT2D eigenvalue weighted by atomic mass is 10.2. The predicted octanol–water partition coefficient (Wildman–Crippen LogP) is 5.10. The second-order valence-electron chi connectivity index (χ2n) is 5.30. The molecule has 0 unspecified atom stereocenters. The van der Waals surface area contributed by atoms with Crippen molar-refractivity contribution < 1.29 is 0 Å². The summed E-state index contributed by atoms with van der Waals surface area (Å²) in [5.74, 6) is 0. The molecule has 2 aromatic rings. The minimum atomic E-state index is 0.574. The Balaban J connectivity index is 1.70. The largest absolute Gasteiger partial charge is 0.310 e. The fourth-order valence-electron chi connectivity index (χ4n) is 2.03. The highest BCUT2D eigenvalue weighted by Gasteiger charge is 2.20. The van der Waals surface area contributed by atoms with Gasteiger partial charge in [0.15, 0.2) is 0 Å². The predicted molar refractivity (Wildman–Crippen MR) is 89.4 cm³/mol. The number of hydrogen-bond acceptors (Lipinski definition) is 3. The molecule has 5 heteroatoms. The van der Waals surface area contributed by atoms with E-state index in [0.29, 0.717) is 10.0 Å². The first-order valence-electron chi connectivity index (χ1n) is 6.93. The van der Waals surface area contributed by atoms with Crippen LogP contribution in [0.1, 0.15) is 24.0 Å². The fourth-order valence-corrected chi connectivity index (χ4v) is 3.25. The van der Waals surface area contributed by atoms with Crippen molar-refractivity contribution in [3.63, 3.8) is 0 Å². The summed E-state index contributed by atoms with van der Waals surface area (Å²) in [5, 5.41) is 5.66. The molecule has 3 rings (SSSR count). The first-order chi connectivity index (χ1) is 10.1. The lowest BCUT2D eigenvalue weighted by Crippen LogP contribution is -2.15. The molecule has 0 atom stereocenters. The summed E-state index contributed by atoms with van der Waals surface area (Å²) in [6.07, 6.45) is 4.55. The highest BCUT2D eigenvalue weighted by Crippen LogP contribution is 2.33. The average molecular weight is 339 g/mol. The molecular weight excluding hydrogens is 323 g/mol. The van der Waals surface area contributed by atoms with Crippen molar-refractivity contribution in [3.05, 3.63) is 51.6 Å². The van der Waals surface area contributed by atoms with Gasteiger partial charge in [-0.15, -0.1) is 0 Å². The first-order valence-corrected chi connectivity index (χ1v) is 8.51. The lowest BCUT2D eigenvalue weighted by molar-refractivity contribution is 0.684. The van der Waals surface area contributed by atoms with E-state index in [1.54, 1.807) is 11.8 Å². The van der Waals surface area contributed by atoms with E-state index < -0.39 is 0 Å². The molecule has 0 bridgehead atoms. The normalized spacial score (nSPS) is 14.4. The molecule has 1 fully saturated rings. The Kier molecular flexibility index (Phi) is 4.75. The maximum Gasteiger partial charge on any atom is 0.104 e. The standard InChI is InChI=1S/C16H16Cl2N2S/c1-10-6-11(8-19-12-2-3-12)9-20-16(10)21-13-4-5-14(17)15(18)7-13/h4-7,9,12,19H,2-3,8H2,1H3. The second kappa shape index (κ2) is 6.57. The van der Waals surface area contributed by atoms with Gasteiger partial charge in [0.25, 0.3) is 0 Å². The molecule has 1 aromatic heterocycles. The van der Waals surface area contributed by atoms with Crippen molar-refractivity contribution in [2.24, 2.45) is 0 Å². The van der Waals surface area contributed by atoms with E-state index in [1.807, 2.05) is 24.4 Å². The molecule has 1 aliphatic rings. The number of nitrogens with zero attached hydrogens (tertiary/aromatic N) is 1. The highest BCUT2D eigenvalue weighted by molar-refractivity contribution is 7.99. The van der Waals surface area contributed by atoms with Crippen LogP contribution in [0.2, 0.25) is 10.0 Å². The van der Waals surface area contributed by atoms with E-state index >= 15 is 0 Å². The zero-order valence-corrected chi connectivity index (χ0v) is 14.0. The zero-order valence-electron chi connectivity index (χ0n) is 11.7. The van der Waals surface area contributed by atoms with Crippen LogP contribution < -0.4 is 5.32 Å². The maximum absolute atomic E-state index is 6.05. The van der Waals surface area contributed by atoms with Gasteiger partial charge in [0.05, 0.1) is 10.0 Å². The van der Waals surface area contributed by atoms with Crippen molar-refractivity contribution >= 4 is 35.0 Å². The number of nitrogens with one attached hydrogen (secondary N) is 1. The van der Waals surface area contributed by atoms with Crippen molar-refractivity contribution in [2.45, 2.75) is 42.3 Å². The molecule has 0 spiro atoms. The van der Waals surface area contributed by atoms with Crippen LogP contribution in [-0.4, -0.2) is 11.0 Å². The van der Waals surface area contributed by atoms with Crippen LogP contribution in [0, 0.1) is 6.92 Å². The number of aryl methyl sites for hydroxylation is 1. The minimum Gasteiger partial charge on any atom is -0.310 e. The summed E-state index contributed by atoms with van der Waals surface area (Å²) in [4.78, 5) is 5.62. The number of benzene rings is 1. The Labute approximate surface area is 139 Å². The van der Waals surface area contributed by atoms with Crippen LogP contribution in [0.15, 0.2) is 40.4 Å². The van der Waals surface area contributed by atoms with Crippen LogP contribution in [0.3, 0.4) is 0 Å². The molecule has 2 nitrogen and oxygen atoms in total. The summed E-state index contributed by atoms with van der Waals surface area (Å²) < 4.78 is 0. The fraction of sp³-hybridized carbons (Fsp3) is 0.312. The van der Waals surface area contributed by atoms with Crippen LogP contribution in [0.5, 0.6) is 0 Å². The Hall–Kier alpha value is -0.740. The summed E-state index contributed by atoms with van der Waals surface area (Å²) in [5.41, 5.74) is 2.42. The van der Waals surface area contributed by atoms with Crippen LogP contribution in [0.4, 0.5) is 0 Å². The number of rotatable bonds is 5. The van der Waals surface area contributed by atoms with Crippen molar-refractivity contribution in [2.75, 3.05) is 0 Å². The molecule has 1 aliphatic carbocycles. The Bertz CT molecular complexity index is 657. The van der Waals surface area contributed by atoms with Gasteiger partial charge in [0.2, 0.25) is 0 Å². The SMILES string of the molecule is Cc1cc(CNC2CC2)cnc1Sc1ccc(Cl)c(Cl)c1. The number of pyridine rings is 1. The van der Waals surface area contributed by atoms with E-state index in [1.165, 1.54) is 24.0 Å². The van der Waals surface area contributed by atoms with Crippen LogP contribution in [-0.2, 0) is 6.54 Å². The van der Waals surface area contributed by atoms with Gasteiger partial charge in [-0.1, -0.05) is 41.0 Å². The van der Waals surface area contributed by atoms with Crippen molar-refractivity contribution in [3.8, 4) is 0 Å². The second-order valence-corrected chi connectivity index (χ2v) is 7.18. The Morgan fingerprint density at radius 2 is 2.05 bits per heavy atom. The molecule has 21 heavy (non-hydrogen) atoms. The van der Waals surface area contributed by atoms with Gasteiger partial charge in [0, 0.05) is 23.7 Å². The summed E-state index contributed by atoms with van der Waals surface area (Å²) in [6.45, 7) is 2.99. The van der Waals surface area contributed by atoms with Crippen LogP contribution in [0.25, 0.3) is 0 Å². The average Bonchev–Trinajstić information content (AvgIpc) is 3.27.